The zero-order valence-corrected chi connectivity index (χ0v) is 14.4. The number of piperazine rings is 1. The van der Waals surface area contributed by atoms with E-state index < -0.39 is 6.43 Å². The van der Waals surface area contributed by atoms with Crippen molar-refractivity contribution in [1.29, 1.82) is 0 Å². The monoisotopic (exact) mass is 350 g/mol. The SMILES string of the molecule is CCOc1cc([C@H](CC(F)F)N2CCNCC2)ccc1OC.Cl. The minimum Gasteiger partial charge on any atom is -0.493 e. The summed E-state index contributed by atoms with van der Waals surface area (Å²) in [6.45, 7) is 5.59. The Labute approximate surface area is 142 Å². The first-order valence-corrected chi connectivity index (χ1v) is 7.69. The minimum absolute atomic E-state index is 0. The van der Waals surface area contributed by atoms with Crippen LogP contribution in [0.2, 0.25) is 0 Å². The Hall–Kier alpha value is -1.11. The minimum atomic E-state index is -2.34. The number of alkyl halides is 2. The average Bonchev–Trinajstić information content (AvgIpc) is 2.53. The van der Waals surface area contributed by atoms with E-state index in [-0.39, 0.29) is 24.9 Å². The summed E-state index contributed by atoms with van der Waals surface area (Å²) < 4.78 is 36.9. The predicted molar refractivity (Wildman–Crippen MR) is 89.2 cm³/mol. The van der Waals surface area contributed by atoms with E-state index in [1.807, 2.05) is 19.1 Å². The van der Waals surface area contributed by atoms with Gasteiger partial charge in [-0.15, -0.1) is 12.4 Å². The molecule has 0 aliphatic carbocycles. The molecule has 23 heavy (non-hydrogen) atoms. The number of hydrogen-bond donors (Lipinski definition) is 1. The maximum atomic E-state index is 13.0. The number of hydrogen-bond acceptors (Lipinski definition) is 4. The van der Waals surface area contributed by atoms with Crippen LogP contribution in [0.4, 0.5) is 8.78 Å². The van der Waals surface area contributed by atoms with Crippen molar-refractivity contribution < 1.29 is 18.3 Å². The van der Waals surface area contributed by atoms with Crippen LogP contribution in [0.25, 0.3) is 0 Å². The molecule has 0 spiro atoms. The molecule has 7 heteroatoms. The second kappa shape index (κ2) is 9.90. The van der Waals surface area contributed by atoms with Gasteiger partial charge in [0.05, 0.1) is 13.7 Å². The zero-order chi connectivity index (χ0) is 15.9. The van der Waals surface area contributed by atoms with Gasteiger partial charge in [-0.25, -0.2) is 8.78 Å². The van der Waals surface area contributed by atoms with E-state index in [4.69, 9.17) is 9.47 Å². The smallest absolute Gasteiger partial charge is 0.240 e. The van der Waals surface area contributed by atoms with Gasteiger partial charge in [0.15, 0.2) is 11.5 Å². The fraction of sp³-hybridized carbons (Fsp3) is 0.625. The Morgan fingerprint density at radius 2 is 1.91 bits per heavy atom. The first-order valence-electron chi connectivity index (χ1n) is 7.69. The highest BCUT2D eigenvalue weighted by Gasteiger charge is 2.26. The van der Waals surface area contributed by atoms with E-state index in [0.717, 1.165) is 31.7 Å². The van der Waals surface area contributed by atoms with Crippen molar-refractivity contribution in [2.75, 3.05) is 39.9 Å². The summed E-state index contributed by atoms with van der Waals surface area (Å²) in [5.41, 5.74) is 0.853. The van der Waals surface area contributed by atoms with Crippen LogP contribution in [-0.2, 0) is 0 Å². The standard InChI is InChI=1S/C16H24F2N2O2.ClH/c1-3-22-15-10-12(4-5-14(15)21-2)13(11-16(17)18)20-8-6-19-7-9-20;/h4-5,10,13,16,19H,3,6-9,11H2,1-2H3;1H/t13-;/m0./s1. The van der Waals surface area contributed by atoms with Crippen molar-refractivity contribution in [2.24, 2.45) is 0 Å². The molecule has 0 radical (unpaired) electrons. The van der Waals surface area contributed by atoms with Crippen LogP contribution in [-0.4, -0.2) is 51.2 Å². The fourth-order valence-corrected chi connectivity index (χ4v) is 2.83. The molecular weight excluding hydrogens is 326 g/mol. The van der Waals surface area contributed by atoms with Crippen LogP contribution >= 0.6 is 12.4 Å². The van der Waals surface area contributed by atoms with Crippen LogP contribution in [0.15, 0.2) is 18.2 Å². The molecule has 1 aromatic carbocycles. The van der Waals surface area contributed by atoms with E-state index in [9.17, 15) is 8.78 Å². The lowest BCUT2D eigenvalue weighted by Crippen LogP contribution is -2.45. The summed E-state index contributed by atoms with van der Waals surface area (Å²) in [7, 11) is 1.57. The van der Waals surface area contributed by atoms with Crippen molar-refractivity contribution in [3.05, 3.63) is 23.8 Å². The second-order valence-electron chi connectivity index (χ2n) is 5.27. The Kier molecular flexibility index (Phi) is 8.58. The first-order chi connectivity index (χ1) is 10.7. The average molecular weight is 351 g/mol. The number of nitrogens with zero attached hydrogens (tertiary/aromatic N) is 1. The van der Waals surface area contributed by atoms with Gasteiger partial charge < -0.3 is 14.8 Å². The van der Waals surface area contributed by atoms with Crippen molar-refractivity contribution in [3.8, 4) is 11.5 Å². The van der Waals surface area contributed by atoms with E-state index in [2.05, 4.69) is 10.2 Å². The van der Waals surface area contributed by atoms with Crippen molar-refractivity contribution in [2.45, 2.75) is 25.8 Å². The molecule has 4 nitrogen and oxygen atoms in total. The van der Waals surface area contributed by atoms with Crippen LogP contribution < -0.4 is 14.8 Å². The summed E-state index contributed by atoms with van der Waals surface area (Å²) in [4.78, 5) is 2.11. The van der Waals surface area contributed by atoms with E-state index in [1.54, 1.807) is 13.2 Å². The molecular formula is C16H25ClF2N2O2. The predicted octanol–water partition coefficient (Wildman–Crippen LogP) is 3.12. The van der Waals surface area contributed by atoms with Gasteiger partial charge in [0, 0.05) is 38.6 Å². The second-order valence-corrected chi connectivity index (χ2v) is 5.27. The molecule has 0 saturated carbocycles. The third kappa shape index (κ3) is 5.48. The molecule has 0 bridgehead atoms. The van der Waals surface area contributed by atoms with Crippen LogP contribution in [0, 0.1) is 0 Å². The van der Waals surface area contributed by atoms with Gasteiger partial charge in [-0.2, -0.15) is 0 Å². The molecule has 1 N–H and O–H groups in total. The summed E-state index contributed by atoms with van der Waals surface area (Å²) in [5, 5.41) is 3.25. The molecule has 2 rings (SSSR count). The Balaban J connectivity index is 0.00000264. The van der Waals surface area contributed by atoms with Gasteiger partial charge in [0.2, 0.25) is 6.43 Å². The van der Waals surface area contributed by atoms with Crippen molar-refractivity contribution in [1.82, 2.24) is 10.2 Å². The van der Waals surface area contributed by atoms with Crippen molar-refractivity contribution >= 4 is 12.4 Å². The quantitative estimate of drug-likeness (QED) is 0.819. The highest BCUT2D eigenvalue weighted by molar-refractivity contribution is 5.85. The molecule has 1 heterocycles. The summed E-state index contributed by atoms with van der Waals surface area (Å²) in [6, 6.07) is 5.18. The summed E-state index contributed by atoms with van der Waals surface area (Å²) in [5.74, 6) is 1.23. The number of benzene rings is 1. The van der Waals surface area contributed by atoms with Gasteiger partial charge in [-0.3, -0.25) is 4.90 Å². The first kappa shape index (κ1) is 19.9. The van der Waals surface area contributed by atoms with Gasteiger partial charge in [-0.1, -0.05) is 6.07 Å². The van der Waals surface area contributed by atoms with E-state index in [1.165, 1.54) is 0 Å². The number of ether oxygens (including phenoxy) is 2. The maximum Gasteiger partial charge on any atom is 0.240 e. The normalized spacial score (nSPS) is 16.7. The number of rotatable bonds is 7. The Morgan fingerprint density at radius 1 is 1.22 bits per heavy atom. The van der Waals surface area contributed by atoms with Crippen LogP contribution in [0.1, 0.15) is 24.9 Å². The third-order valence-corrected chi connectivity index (χ3v) is 3.87. The van der Waals surface area contributed by atoms with Gasteiger partial charge in [0.1, 0.15) is 0 Å². The molecule has 0 amide bonds. The number of halogens is 3. The van der Waals surface area contributed by atoms with Crippen molar-refractivity contribution in [3.63, 3.8) is 0 Å². The number of methoxy groups -OCH3 is 1. The van der Waals surface area contributed by atoms with E-state index >= 15 is 0 Å². The molecule has 132 valence electrons. The molecule has 0 aromatic heterocycles. The Morgan fingerprint density at radius 3 is 2.48 bits per heavy atom. The highest BCUT2D eigenvalue weighted by atomic mass is 35.5. The van der Waals surface area contributed by atoms with Crippen LogP contribution in [0.5, 0.6) is 11.5 Å². The zero-order valence-electron chi connectivity index (χ0n) is 13.6. The lowest BCUT2D eigenvalue weighted by molar-refractivity contribution is 0.0738. The number of nitrogens with one attached hydrogen (secondary N) is 1. The lowest BCUT2D eigenvalue weighted by Gasteiger charge is -2.35. The molecule has 0 unspecified atom stereocenters. The highest BCUT2D eigenvalue weighted by Crippen LogP contribution is 2.34. The fourth-order valence-electron chi connectivity index (χ4n) is 2.83. The topological polar surface area (TPSA) is 33.7 Å². The van der Waals surface area contributed by atoms with Gasteiger partial charge >= 0.3 is 0 Å². The van der Waals surface area contributed by atoms with Gasteiger partial charge in [-0.05, 0) is 24.6 Å². The lowest BCUT2D eigenvalue weighted by atomic mass is 10.0. The molecule has 1 aromatic rings. The summed E-state index contributed by atoms with van der Waals surface area (Å²) in [6.07, 6.45) is -2.50. The molecule has 1 fully saturated rings. The largest absolute Gasteiger partial charge is 0.493 e. The molecule has 1 aliphatic heterocycles. The maximum absolute atomic E-state index is 13.0. The molecule has 1 atom stereocenters. The molecule has 1 saturated heterocycles. The van der Waals surface area contributed by atoms with E-state index in [0.29, 0.717) is 18.1 Å². The van der Waals surface area contributed by atoms with Gasteiger partial charge in [0.25, 0.3) is 0 Å². The summed E-state index contributed by atoms with van der Waals surface area (Å²) >= 11 is 0. The third-order valence-electron chi connectivity index (χ3n) is 3.87. The van der Waals surface area contributed by atoms with Crippen LogP contribution in [0.3, 0.4) is 0 Å². The molecule has 1 aliphatic rings. The Bertz CT molecular complexity index is 471.